The van der Waals surface area contributed by atoms with Gasteiger partial charge in [-0.1, -0.05) is 6.07 Å². The Morgan fingerprint density at radius 3 is 2.40 bits per heavy atom. The van der Waals surface area contributed by atoms with E-state index in [1.165, 1.54) is 31.5 Å². The highest BCUT2D eigenvalue weighted by molar-refractivity contribution is 5.43. The average Bonchev–Trinajstić information content (AvgIpc) is 2.48. The predicted octanol–water partition coefficient (Wildman–Crippen LogP) is 2.45. The van der Waals surface area contributed by atoms with Crippen LogP contribution in [0.25, 0.3) is 0 Å². The highest BCUT2D eigenvalue weighted by Crippen LogP contribution is 2.30. The third kappa shape index (κ3) is 3.64. The van der Waals surface area contributed by atoms with Crippen molar-refractivity contribution in [2.45, 2.75) is 31.8 Å². The Labute approximate surface area is 122 Å². The summed E-state index contributed by atoms with van der Waals surface area (Å²) in [4.78, 5) is 2.39. The number of benzene rings is 1. The molecule has 0 saturated carbocycles. The van der Waals surface area contributed by atoms with Crippen molar-refractivity contribution in [3.8, 4) is 11.5 Å². The van der Waals surface area contributed by atoms with Crippen molar-refractivity contribution in [3.63, 3.8) is 0 Å². The second kappa shape index (κ2) is 6.95. The van der Waals surface area contributed by atoms with Crippen molar-refractivity contribution in [1.82, 2.24) is 10.2 Å². The van der Waals surface area contributed by atoms with Gasteiger partial charge in [0.25, 0.3) is 0 Å². The Kier molecular flexibility index (Phi) is 5.26. The molecule has 2 rings (SSSR count). The molecular weight excluding hydrogens is 252 g/mol. The lowest BCUT2D eigenvalue weighted by atomic mass is 10.0. The van der Waals surface area contributed by atoms with Gasteiger partial charge in [-0.25, -0.2) is 0 Å². The van der Waals surface area contributed by atoms with Crippen LogP contribution in [-0.4, -0.2) is 45.3 Å². The molecule has 1 N–H and O–H groups in total. The Balaban J connectivity index is 2.00. The number of hydrogen-bond acceptors (Lipinski definition) is 4. The maximum atomic E-state index is 5.37. The van der Waals surface area contributed by atoms with E-state index in [-0.39, 0.29) is 0 Å². The number of likely N-dealkylation sites (tertiary alicyclic amines) is 1. The fourth-order valence-electron chi connectivity index (χ4n) is 2.75. The van der Waals surface area contributed by atoms with Gasteiger partial charge in [0, 0.05) is 12.1 Å². The SMILES string of the molecule is COc1ccc(C(C)NC2CCN(C)CC2)cc1OC. The lowest BCUT2D eigenvalue weighted by Gasteiger charge is -2.31. The molecule has 0 amide bonds. The number of hydrogen-bond donors (Lipinski definition) is 1. The van der Waals surface area contributed by atoms with Crippen LogP contribution in [-0.2, 0) is 0 Å². The fraction of sp³-hybridized carbons (Fsp3) is 0.625. The van der Waals surface area contributed by atoms with Crippen molar-refractivity contribution in [1.29, 1.82) is 0 Å². The highest BCUT2D eigenvalue weighted by Gasteiger charge is 2.19. The topological polar surface area (TPSA) is 33.7 Å². The summed E-state index contributed by atoms with van der Waals surface area (Å²) in [6.45, 7) is 4.56. The monoisotopic (exact) mass is 278 g/mol. The summed E-state index contributed by atoms with van der Waals surface area (Å²) in [5.41, 5.74) is 1.24. The van der Waals surface area contributed by atoms with Gasteiger partial charge >= 0.3 is 0 Å². The van der Waals surface area contributed by atoms with Crippen LogP contribution in [0.1, 0.15) is 31.4 Å². The minimum atomic E-state index is 0.322. The van der Waals surface area contributed by atoms with E-state index in [4.69, 9.17) is 9.47 Å². The van der Waals surface area contributed by atoms with Crippen molar-refractivity contribution >= 4 is 0 Å². The molecule has 1 aliphatic heterocycles. The van der Waals surface area contributed by atoms with Crippen molar-refractivity contribution < 1.29 is 9.47 Å². The van der Waals surface area contributed by atoms with Crippen molar-refractivity contribution in [3.05, 3.63) is 23.8 Å². The number of rotatable bonds is 5. The van der Waals surface area contributed by atoms with E-state index in [2.05, 4.69) is 36.3 Å². The Hall–Kier alpha value is -1.26. The standard InChI is InChI=1S/C16H26N2O2/c1-12(17-14-7-9-18(2)10-8-14)13-5-6-15(19-3)16(11-13)20-4/h5-6,11-12,14,17H,7-10H2,1-4H3. The molecule has 4 nitrogen and oxygen atoms in total. The number of nitrogens with zero attached hydrogens (tertiary/aromatic N) is 1. The normalized spacial score (nSPS) is 18.8. The van der Waals surface area contributed by atoms with Gasteiger partial charge < -0.3 is 19.7 Å². The number of ether oxygens (including phenoxy) is 2. The van der Waals surface area contributed by atoms with E-state index < -0.39 is 0 Å². The maximum absolute atomic E-state index is 5.37. The Morgan fingerprint density at radius 1 is 1.15 bits per heavy atom. The molecule has 4 heteroatoms. The molecule has 1 fully saturated rings. The molecule has 0 aromatic heterocycles. The van der Waals surface area contributed by atoms with Crippen molar-refractivity contribution in [2.24, 2.45) is 0 Å². The van der Waals surface area contributed by atoms with Crippen molar-refractivity contribution in [2.75, 3.05) is 34.4 Å². The van der Waals surface area contributed by atoms with Gasteiger partial charge in [0.05, 0.1) is 14.2 Å². The first kappa shape index (κ1) is 15.1. The number of methoxy groups -OCH3 is 2. The first-order valence-corrected chi connectivity index (χ1v) is 7.30. The summed E-state index contributed by atoms with van der Waals surface area (Å²) in [6, 6.07) is 7.07. The van der Waals surface area contributed by atoms with Gasteiger partial charge in [-0.15, -0.1) is 0 Å². The molecule has 1 unspecified atom stereocenters. The summed E-state index contributed by atoms with van der Waals surface area (Å²) < 4.78 is 10.7. The lowest BCUT2D eigenvalue weighted by molar-refractivity contribution is 0.226. The molecule has 0 spiro atoms. The molecule has 1 aromatic carbocycles. The van der Waals surface area contributed by atoms with Crippen LogP contribution >= 0.6 is 0 Å². The largest absolute Gasteiger partial charge is 0.493 e. The molecule has 1 heterocycles. The molecule has 112 valence electrons. The van der Waals surface area contributed by atoms with Crippen LogP contribution in [0.4, 0.5) is 0 Å². The van der Waals surface area contributed by atoms with Gasteiger partial charge in [0.2, 0.25) is 0 Å². The molecule has 0 aliphatic carbocycles. The number of piperidine rings is 1. The lowest BCUT2D eigenvalue weighted by Crippen LogP contribution is -2.41. The van der Waals surface area contributed by atoms with Gasteiger partial charge in [0.1, 0.15) is 0 Å². The fourth-order valence-corrected chi connectivity index (χ4v) is 2.75. The first-order valence-electron chi connectivity index (χ1n) is 7.30. The van der Waals surface area contributed by atoms with Crippen LogP contribution in [0.5, 0.6) is 11.5 Å². The third-order valence-corrected chi connectivity index (χ3v) is 4.11. The predicted molar refractivity (Wildman–Crippen MR) is 81.6 cm³/mol. The molecule has 20 heavy (non-hydrogen) atoms. The maximum Gasteiger partial charge on any atom is 0.161 e. The zero-order valence-electron chi connectivity index (χ0n) is 13.0. The first-order chi connectivity index (χ1) is 9.63. The molecular formula is C16H26N2O2. The molecule has 1 atom stereocenters. The summed E-state index contributed by atoms with van der Waals surface area (Å²) in [5, 5.41) is 3.72. The third-order valence-electron chi connectivity index (χ3n) is 4.11. The van der Waals surface area contributed by atoms with E-state index in [1.807, 2.05) is 6.07 Å². The van der Waals surface area contributed by atoms with E-state index in [0.717, 1.165) is 11.5 Å². The zero-order valence-corrected chi connectivity index (χ0v) is 13.0. The van der Waals surface area contributed by atoms with Crippen LogP contribution in [0, 0.1) is 0 Å². The minimum Gasteiger partial charge on any atom is -0.493 e. The molecule has 1 aromatic rings. The van der Waals surface area contributed by atoms with E-state index in [0.29, 0.717) is 12.1 Å². The molecule has 0 bridgehead atoms. The minimum absolute atomic E-state index is 0.322. The van der Waals surface area contributed by atoms with Crippen LogP contribution in [0.2, 0.25) is 0 Å². The molecule has 0 radical (unpaired) electrons. The van der Waals surface area contributed by atoms with Gasteiger partial charge in [-0.3, -0.25) is 0 Å². The number of nitrogens with one attached hydrogen (secondary N) is 1. The quantitative estimate of drug-likeness (QED) is 0.897. The Bertz CT molecular complexity index is 428. The second-order valence-electron chi connectivity index (χ2n) is 5.58. The summed E-state index contributed by atoms with van der Waals surface area (Å²) >= 11 is 0. The molecule has 1 aliphatic rings. The van der Waals surface area contributed by atoms with Crippen LogP contribution in [0.15, 0.2) is 18.2 Å². The second-order valence-corrected chi connectivity index (χ2v) is 5.58. The van der Waals surface area contributed by atoms with Gasteiger partial charge in [-0.05, 0) is 57.6 Å². The summed E-state index contributed by atoms with van der Waals surface area (Å²) in [7, 11) is 5.53. The smallest absolute Gasteiger partial charge is 0.161 e. The zero-order chi connectivity index (χ0) is 14.5. The Morgan fingerprint density at radius 2 is 1.80 bits per heavy atom. The average molecular weight is 278 g/mol. The van der Waals surface area contributed by atoms with Crippen LogP contribution < -0.4 is 14.8 Å². The van der Waals surface area contributed by atoms with E-state index in [9.17, 15) is 0 Å². The highest BCUT2D eigenvalue weighted by atomic mass is 16.5. The molecule has 1 saturated heterocycles. The van der Waals surface area contributed by atoms with Gasteiger partial charge in [-0.2, -0.15) is 0 Å². The van der Waals surface area contributed by atoms with E-state index >= 15 is 0 Å². The summed E-state index contributed by atoms with van der Waals surface area (Å²) in [6.07, 6.45) is 2.43. The van der Waals surface area contributed by atoms with Gasteiger partial charge in [0.15, 0.2) is 11.5 Å². The van der Waals surface area contributed by atoms with E-state index in [1.54, 1.807) is 14.2 Å². The summed E-state index contributed by atoms with van der Waals surface area (Å²) in [5.74, 6) is 1.57. The van der Waals surface area contributed by atoms with Crippen LogP contribution in [0.3, 0.4) is 0 Å².